The molecule has 0 aromatic heterocycles. The van der Waals surface area contributed by atoms with Crippen molar-refractivity contribution in [2.24, 2.45) is 16.3 Å². The van der Waals surface area contributed by atoms with Crippen molar-refractivity contribution < 1.29 is 9.98 Å². The molecule has 0 unspecified atom stereocenters. The van der Waals surface area contributed by atoms with E-state index in [4.69, 9.17) is 0 Å². The van der Waals surface area contributed by atoms with E-state index >= 15 is 0 Å². The van der Waals surface area contributed by atoms with Crippen LogP contribution in [0.15, 0.2) is 4.99 Å². The molecule has 4 N–H and O–H groups in total. The number of hydrogen-bond acceptors (Lipinski definition) is 4. The summed E-state index contributed by atoms with van der Waals surface area (Å²) in [5.41, 5.74) is 2.77. The van der Waals surface area contributed by atoms with Crippen molar-refractivity contribution in [3.63, 3.8) is 0 Å². The van der Waals surface area contributed by atoms with Crippen molar-refractivity contribution in [3.05, 3.63) is 0 Å². The van der Waals surface area contributed by atoms with Crippen LogP contribution in [0.3, 0.4) is 0 Å². The zero-order valence-electron chi connectivity index (χ0n) is 9.96. The fourth-order valence-electron chi connectivity index (χ4n) is 1.05. The Morgan fingerprint density at radius 3 is 2.53 bits per heavy atom. The molecule has 0 rings (SSSR count). The van der Waals surface area contributed by atoms with Crippen LogP contribution in [0.1, 0.15) is 33.6 Å². The average molecular weight is 218 g/mol. The monoisotopic (exact) mass is 218 g/mol. The fraction of sp³-hybridized carbons (Fsp3) is 0.889. The summed E-state index contributed by atoms with van der Waals surface area (Å²) in [5.74, 6) is 5.17. The highest BCUT2D eigenvalue weighted by molar-refractivity contribution is 5.78. The molecular formula is C9H22N4O2. The van der Waals surface area contributed by atoms with Gasteiger partial charge in [0, 0.05) is 13.6 Å². The minimum atomic E-state index is 0.357. The van der Waals surface area contributed by atoms with Crippen LogP contribution in [0.4, 0.5) is 0 Å². The van der Waals surface area contributed by atoms with Crippen LogP contribution in [0.5, 0.6) is 0 Å². The molecule has 0 aliphatic carbocycles. The lowest BCUT2D eigenvalue weighted by atomic mass is 9.91. The molecule has 0 aliphatic heterocycles. The van der Waals surface area contributed by atoms with Crippen LogP contribution in [0.25, 0.3) is 0 Å². The van der Waals surface area contributed by atoms with Crippen LogP contribution in [0, 0.1) is 5.41 Å². The first-order valence-electron chi connectivity index (χ1n) is 4.98. The van der Waals surface area contributed by atoms with Gasteiger partial charge in [0.25, 0.3) is 0 Å². The van der Waals surface area contributed by atoms with Crippen molar-refractivity contribution in [1.29, 1.82) is 0 Å². The van der Waals surface area contributed by atoms with Crippen LogP contribution in [-0.2, 0) is 9.98 Å². The number of hydroxylamine groups is 1. The molecule has 0 atom stereocenters. The molecule has 0 aromatic rings. The Kier molecular flexibility index (Phi) is 7.02. The minimum Gasteiger partial charge on any atom is -0.355 e. The van der Waals surface area contributed by atoms with Gasteiger partial charge in [-0.2, -0.15) is 5.90 Å². The summed E-state index contributed by atoms with van der Waals surface area (Å²) in [6.45, 7) is 7.47. The smallest absolute Gasteiger partial charge is 0.217 e. The van der Waals surface area contributed by atoms with E-state index in [1.165, 1.54) is 0 Å². The van der Waals surface area contributed by atoms with Gasteiger partial charge in [-0.15, -0.1) is 4.99 Å². The molecule has 6 heteroatoms. The standard InChI is InChI=1S/C9H22N4O2/c1-9(2,3)6-5-7-12-8(11-4)13-15-14-10/h5-7,10H2,1-4H3,(H2,11,12,13). The zero-order chi connectivity index (χ0) is 11.7. The molecule has 0 bridgehead atoms. The van der Waals surface area contributed by atoms with Crippen molar-refractivity contribution in [3.8, 4) is 0 Å². The zero-order valence-corrected chi connectivity index (χ0v) is 9.96. The number of nitrogens with two attached hydrogens (primary N) is 1. The number of guanidine groups is 1. The van der Waals surface area contributed by atoms with Crippen molar-refractivity contribution in [2.45, 2.75) is 33.6 Å². The lowest BCUT2D eigenvalue weighted by molar-refractivity contribution is -0.327. The first-order chi connectivity index (χ1) is 6.99. The van der Waals surface area contributed by atoms with Gasteiger partial charge in [0.1, 0.15) is 0 Å². The Morgan fingerprint density at radius 1 is 1.40 bits per heavy atom. The SMILES string of the molecule is CN=C(NCCCC(C)(C)C)NOON. The van der Waals surface area contributed by atoms with E-state index in [9.17, 15) is 0 Å². The number of nitrogens with zero attached hydrogens (tertiary/aromatic N) is 1. The molecule has 0 saturated carbocycles. The van der Waals surface area contributed by atoms with Gasteiger partial charge in [0.15, 0.2) is 0 Å². The minimum absolute atomic E-state index is 0.357. The highest BCUT2D eigenvalue weighted by Gasteiger charge is 2.09. The molecule has 0 aliphatic rings. The summed E-state index contributed by atoms with van der Waals surface area (Å²) in [7, 11) is 1.64. The van der Waals surface area contributed by atoms with Gasteiger partial charge in [-0.05, 0) is 18.3 Å². The topological polar surface area (TPSA) is 80.9 Å². The summed E-state index contributed by atoms with van der Waals surface area (Å²) < 4.78 is 0. The summed E-state index contributed by atoms with van der Waals surface area (Å²) in [4.78, 5) is 12.1. The Morgan fingerprint density at radius 2 is 2.07 bits per heavy atom. The lowest BCUT2D eigenvalue weighted by Crippen LogP contribution is -2.38. The van der Waals surface area contributed by atoms with E-state index in [-0.39, 0.29) is 0 Å². The van der Waals surface area contributed by atoms with E-state index < -0.39 is 0 Å². The van der Waals surface area contributed by atoms with Crippen LogP contribution < -0.4 is 16.7 Å². The molecule has 0 heterocycles. The Bertz CT molecular complexity index is 189. The van der Waals surface area contributed by atoms with Crippen LogP contribution >= 0.6 is 0 Å². The van der Waals surface area contributed by atoms with Gasteiger partial charge < -0.3 is 5.32 Å². The largest absolute Gasteiger partial charge is 0.355 e. The number of aliphatic imine (C=N–C) groups is 1. The van der Waals surface area contributed by atoms with Crippen LogP contribution in [0.2, 0.25) is 0 Å². The fourth-order valence-corrected chi connectivity index (χ4v) is 1.05. The number of nitrogens with one attached hydrogen (secondary N) is 2. The van der Waals surface area contributed by atoms with Crippen LogP contribution in [-0.4, -0.2) is 19.6 Å². The van der Waals surface area contributed by atoms with Gasteiger partial charge in [-0.25, -0.2) is 5.48 Å². The summed E-state index contributed by atoms with van der Waals surface area (Å²) in [6.07, 6.45) is 2.21. The van der Waals surface area contributed by atoms with E-state index in [1.807, 2.05) is 0 Å². The van der Waals surface area contributed by atoms with Gasteiger partial charge in [0.05, 0.1) is 0 Å². The van der Waals surface area contributed by atoms with Gasteiger partial charge >= 0.3 is 0 Å². The van der Waals surface area contributed by atoms with Gasteiger partial charge in [-0.3, -0.25) is 4.99 Å². The summed E-state index contributed by atoms with van der Waals surface area (Å²) >= 11 is 0. The second-order valence-electron chi connectivity index (χ2n) is 4.44. The Balaban J connectivity index is 3.56. The predicted octanol–water partition coefficient (Wildman–Crippen LogP) is 0.715. The first kappa shape index (κ1) is 14.2. The third kappa shape index (κ3) is 9.45. The normalized spacial score (nSPS) is 12.7. The number of hydrogen-bond donors (Lipinski definition) is 3. The van der Waals surface area contributed by atoms with Gasteiger partial charge in [0.2, 0.25) is 5.96 Å². The van der Waals surface area contributed by atoms with E-state index in [0.717, 1.165) is 19.4 Å². The second-order valence-corrected chi connectivity index (χ2v) is 4.44. The average Bonchev–Trinajstić information content (AvgIpc) is 2.15. The molecule has 15 heavy (non-hydrogen) atoms. The third-order valence-corrected chi connectivity index (χ3v) is 1.81. The first-order valence-corrected chi connectivity index (χ1v) is 4.98. The van der Waals surface area contributed by atoms with Gasteiger partial charge in [-0.1, -0.05) is 25.8 Å². The molecule has 0 spiro atoms. The summed E-state index contributed by atoms with van der Waals surface area (Å²) in [6, 6.07) is 0. The molecule has 0 saturated heterocycles. The maximum Gasteiger partial charge on any atom is 0.217 e. The predicted molar refractivity (Wildman–Crippen MR) is 59.5 cm³/mol. The van der Waals surface area contributed by atoms with E-state index in [0.29, 0.717) is 11.4 Å². The lowest BCUT2D eigenvalue weighted by Gasteiger charge is -2.18. The summed E-state index contributed by atoms with van der Waals surface area (Å²) in [5, 5.41) is 3.06. The Labute approximate surface area is 91.1 Å². The molecule has 6 nitrogen and oxygen atoms in total. The maximum atomic E-state index is 4.68. The van der Waals surface area contributed by atoms with Crippen molar-refractivity contribution in [1.82, 2.24) is 10.8 Å². The molecular weight excluding hydrogens is 196 g/mol. The molecule has 90 valence electrons. The molecule has 0 aromatic carbocycles. The highest BCUT2D eigenvalue weighted by atomic mass is 17.3. The van der Waals surface area contributed by atoms with Crippen molar-refractivity contribution >= 4 is 5.96 Å². The van der Waals surface area contributed by atoms with E-state index in [2.05, 4.69) is 52.4 Å². The third-order valence-electron chi connectivity index (χ3n) is 1.81. The second kappa shape index (κ2) is 7.44. The molecule has 0 amide bonds. The maximum absolute atomic E-state index is 4.68. The number of rotatable bonds is 5. The van der Waals surface area contributed by atoms with Crippen molar-refractivity contribution in [2.75, 3.05) is 13.6 Å². The molecule has 0 radical (unpaired) electrons. The van der Waals surface area contributed by atoms with E-state index in [1.54, 1.807) is 7.05 Å². The highest BCUT2D eigenvalue weighted by Crippen LogP contribution is 2.19. The Hall–Kier alpha value is -0.850. The quantitative estimate of drug-likeness (QED) is 0.208. The molecule has 0 fully saturated rings.